The lowest BCUT2D eigenvalue weighted by atomic mass is 9.44. The summed E-state index contributed by atoms with van der Waals surface area (Å²) < 4.78 is 5.42. The zero-order chi connectivity index (χ0) is 19.3. The van der Waals surface area contributed by atoms with Crippen LogP contribution in [0.2, 0.25) is 0 Å². The maximum Gasteiger partial charge on any atom is 0.119 e. The molecule has 0 amide bonds. The largest absolute Gasteiger partial charge is 0.497 e. The minimum Gasteiger partial charge on any atom is -0.497 e. The number of ether oxygens (including phenoxy) is 1. The molecule has 2 aliphatic carbocycles. The molecule has 3 heteroatoms. The second-order valence-electron chi connectivity index (χ2n) is 10.0. The molecule has 146 valence electrons. The van der Waals surface area contributed by atoms with E-state index < -0.39 is 11.7 Å². The van der Waals surface area contributed by atoms with Gasteiger partial charge in [-0.15, -0.1) is 0 Å². The molecule has 0 bridgehead atoms. The lowest BCUT2D eigenvalue weighted by Crippen LogP contribution is -2.59. The van der Waals surface area contributed by atoms with Crippen LogP contribution in [0, 0.1) is 29.6 Å². The maximum atomic E-state index is 11.5. The first-order chi connectivity index (χ1) is 12.0. The fraction of sp³-hybridized carbons (Fsp3) is 0.739. The molecule has 1 aromatic carbocycles. The number of rotatable bonds is 3. The lowest BCUT2D eigenvalue weighted by molar-refractivity contribution is -0.201. The molecule has 0 saturated heterocycles. The van der Waals surface area contributed by atoms with Gasteiger partial charge in [-0.3, -0.25) is 0 Å². The van der Waals surface area contributed by atoms with Crippen LogP contribution in [0.1, 0.15) is 77.0 Å². The highest BCUT2D eigenvalue weighted by Gasteiger charge is 2.60. The Balaban J connectivity index is 2.06. The summed E-state index contributed by atoms with van der Waals surface area (Å²) >= 11 is 0. The van der Waals surface area contributed by atoms with Gasteiger partial charge in [0.1, 0.15) is 5.75 Å². The topological polar surface area (TPSA) is 49.7 Å². The Morgan fingerprint density at radius 1 is 1.08 bits per heavy atom. The molecule has 2 aliphatic rings. The Morgan fingerprint density at radius 3 is 2.42 bits per heavy atom. The first-order valence-corrected chi connectivity index (χ1v) is 10.1. The molecule has 2 saturated carbocycles. The van der Waals surface area contributed by atoms with Gasteiger partial charge >= 0.3 is 0 Å². The van der Waals surface area contributed by atoms with E-state index in [1.807, 2.05) is 32.0 Å². The van der Waals surface area contributed by atoms with Crippen LogP contribution in [0.25, 0.3) is 0 Å². The summed E-state index contributed by atoms with van der Waals surface area (Å²) in [6.45, 7) is 11.0. The Morgan fingerprint density at radius 2 is 1.77 bits per heavy atom. The summed E-state index contributed by atoms with van der Waals surface area (Å²) in [4.78, 5) is 0. The van der Waals surface area contributed by atoms with Gasteiger partial charge in [0.05, 0.1) is 18.8 Å². The summed E-state index contributed by atoms with van der Waals surface area (Å²) in [5.74, 6) is 1.11. The number of hydrogen-bond acceptors (Lipinski definition) is 3. The summed E-state index contributed by atoms with van der Waals surface area (Å²) in [6, 6.07) is 5.93. The van der Waals surface area contributed by atoms with Crippen molar-refractivity contribution < 1.29 is 14.9 Å². The summed E-state index contributed by atoms with van der Waals surface area (Å²) in [6.07, 6.45) is 4.56. The molecule has 2 N–H and O–H groups in total. The molecule has 0 aromatic heterocycles. The van der Waals surface area contributed by atoms with E-state index in [9.17, 15) is 10.2 Å². The fourth-order valence-corrected chi connectivity index (χ4v) is 6.52. The molecule has 3 rings (SSSR count). The van der Waals surface area contributed by atoms with E-state index in [1.165, 1.54) is 6.42 Å². The molecule has 3 nitrogen and oxygen atoms in total. The molecule has 26 heavy (non-hydrogen) atoms. The standard InChI is InChI=1S/C23H36O3/c1-15-12-16(14-17(13-15)26-6)19(24)20-22(4)10-7-9-21(2,3)18(22)8-11-23(20,5)25/h12-14,18-20,24-25H,7-11H2,1-6H3. The van der Waals surface area contributed by atoms with Crippen molar-refractivity contribution in [2.45, 2.75) is 78.4 Å². The third-order valence-electron chi connectivity index (χ3n) is 7.56. The number of fused-ring (bicyclic) bond motifs is 1. The molecule has 1 aromatic rings. The second-order valence-corrected chi connectivity index (χ2v) is 10.0. The highest BCUT2D eigenvalue weighted by atomic mass is 16.5. The van der Waals surface area contributed by atoms with Crippen molar-refractivity contribution in [3.05, 3.63) is 29.3 Å². The van der Waals surface area contributed by atoms with Crippen LogP contribution in [0.4, 0.5) is 0 Å². The van der Waals surface area contributed by atoms with Crippen molar-refractivity contribution in [1.29, 1.82) is 0 Å². The molecule has 0 aliphatic heterocycles. The minimum absolute atomic E-state index is 0.0695. The normalized spacial score (nSPS) is 37.7. The van der Waals surface area contributed by atoms with Crippen molar-refractivity contribution in [2.75, 3.05) is 7.11 Å². The maximum absolute atomic E-state index is 11.5. The van der Waals surface area contributed by atoms with Gasteiger partial charge < -0.3 is 14.9 Å². The van der Waals surface area contributed by atoms with E-state index in [0.717, 1.165) is 42.6 Å². The number of benzene rings is 1. The van der Waals surface area contributed by atoms with Crippen LogP contribution in [0.3, 0.4) is 0 Å². The van der Waals surface area contributed by atoms with Crippen molar-refractivity contribution >= 4 is 0 Å². The molecular weight excluding hydrogens is 324 g/mol. The molecule has 5 atom stereocenters. The van der Waals surface area contributed by atoms with Crippen LogP contribution in [-0.4, -0.2) is 22.9 Å². The first-order valence-electron chi connectivity index (χ1n) is 10.1. The van der Waals surface area contributed by atoms with E-state index in [1.54, 1.807) is 7.11 Å². The molecular formula is C23H36O3. The van der Waals surface area contributed by atoms with Gasteiger partial charge in [0.15, 0.2) is 0 Å². The van der Waals surface area contributed by atoms with E-state index in [0.29, 0.717) is 5.92 Å². The van der Waals surface area contributed by atoms with E-state index >= 15 is 0 Å². The highest BCUT2D eigenvalue weighted by Crippen LogP contribution is 2.64. The average Bonchev–Trinajstić information content (AvgIpc) is 2.51. The van der Waals surface area contributed by atoms with Gasteiger partial charge in [-0.05, 0) is 79.5 Å². The number of aryl methyl sites for hydroxylation is 1. The van der Waals surface area contributed by atoms with Gasteiger partial charge in [-0.25, -0.2) is 0 Å². The Hall–Kier alpha value is -1.06. The second kappa shape index (κ2) is 6.53. The average molecular weight is 361 g/mol. The quantitative estimate of drug-likeness (QED) is 0.795. The van der Waals surface area contributed by atoms with Crippen LogP contribution in [0.5, 0.6) is 5.75 Å². The monoisotopic (exact) mass is 360 g/mol. The first kappa shape index (κ1) is 19.7. The molecule has 0 spiro atoms. The van der Waals surface area contributed by atoms with E-state index in [4.69, 9.17) is 4.74 Å². The SMILES string of the molecule is COc1cc(C)cc(C(O)C2C(C)(O)CCC3C(C)(C)CCCC32C)c1. The smallest absolute Gasteiger partial charge is 0.119 e. The number of aliphatic hydroxyl groups is 2. The minimum atomic E-state index is -0.866. The van der Waals surface area contributed by atoms with E-state index in [-0.39, 0.29) is 16.7 Å². The van der Waals surface area contributed by atoms with Gasteiger partial charge in [0.2, 0.25) is 0 Å². The number of methoxy groups -OCH3 is 1. The number of hydrogen-bond donors (Lipinski definition) is 2. The zero-order valence-electron chi connectivity index (χ0n) is 17.3. The highest BCUT2D eigenvalue weighted by molar-refractivity contribution is 5.36. The summed E-state index contributed by atoms with van der Waals surface area (Å²) in [7, 11) is 1.66. The third-order valence-corrected chi connectivity index (χ3v) is 7.56. The van der Waals surface area contributed by atoms with Gasteiger partial charge in [-0.1, -0.05) is 33.3 Å². The van der Waals surface area contributed by atoms with Crippen molar-refractivity contribution in [1.82, 2.24) is 0 Å². The van der Waals surface area contributed by atoms with Crippen molar-refractivity contribution in [3.8, 4) is 5.75 Å². The third kappa shape index (κ3) is 3.18. The molecule has 0 heterocycles. The van der Waals surface area contributed by atoms with Crippen LogP contribution in [0.15, 0.2) is 18.2 Å². The summed E-state index contributed by atoms with van der Waals surface area (Å²) in [5.41, 5.74) is 1.25. The Labute approximate surface area is 158 Å². The van der Waals surface area contributed by atoms with Crippen LogP contribution in [-0.2, 0) is 0 Å². The van der Waals surface area contributed by atoms with Gasteiger partial charge in [0.25, 0.3) is 0 Å². The van der Waals surface area contributed by atoms with E-state index in [2.05, 4.69) is 20.8 Å². The van der Waals surface area contributed by atoms with Gasteiger partial charge in [-0.2, -0.15) is 0 Å². The Kier molecular flexibility index (Phi) is 4.94. The molecule has 0 radical (unpaired) electrons. The zero-order valence-corrected chi connectivity index (χ0v) is 17.3. The fourth-order valence-electron chi connectivity index (χ4n) is 6.52. The van der Waals surface area contributed by atoms with Gasteiger partial charge in [0, 0.05) is 5.92 Å². The number of aliphatic hydroxyl groups excluding tert-OH is 1. The van der Waals surface area contributed by atoms with Crippen molar-refractivity contribution in [3.63, 3.8) is 0 Å². The molecule has 2 fully saturated rings. The predicted molar refractivity (Wildman–Crippen MR) is 105 cm³/mol. The summed E-state index contributed by atoms with van der Waals surface area (Å²) in [5, 5.41) is 22.8. The predicted octanol–water partition coefficient (Wildman–Crippen LogP) is 5.03. The lowest BCUT2D eigenvalue weighted by Gasteiger charge is -2.62. The van der Waals surface area contributed by atoms with Crippen molar-refractivity contribution in [2.24, 2.45) is 22.7 Å². The van der Waals surface area contributed by atoms with Crippen LogP contribution < -0.4 is 4.74 Å². The Bertz CT molecular complexity index is 663. The van der Waals surface area contributed by atoms with Crippen LogP contribution >= 0.6 is 0 Å². The molecule has 5 unspecified atom stereocenters.